The van der Waals surface area contributed by atoms with E-state index in [4.69, 9.17) is 27.6 Å². The van der Waals surface area contributed by atoms with Crippen LogP contribution in [0, 0.1) is 0 Å². The molecule has 80 valence electrons. The number of aromatic nitrogens is 4. The van der Waals surface area contributed by atoms with E-state index in [1.165, 1.54) is 18.1 Å². The largest absolute Gasteiger partial charge is 0.414 e. The van der Waals surface area contributed by atoms with Gasteiger partial charge in [0.1, 0.15) is 11.7 Å². The van der Waals surface area contributed by atoms with Crippen LogP contribution in [0.2, 0.25) is 10.3 Å². The number of rotatable bonds is 3. The summed E-state index contributed by atoms with van der Waals surface area (Å²) in [6.07, 6.45) is 3.38. The summed E-state index contributed by atoms with van der Waals surface area (Å²) in [6, 6.07) is 0. The Hall–Kier alpha value is -0.720. The van der Waals surface area contributed by atoms with E-state index in [-0.39, 0.29) is 5.15 Å². The van der Waals surface area contributed by atoms with Gasteiger partial charge in [0.05, 0.1) is 6.33 Å². The molecule has 8 heteroatoms. The van der Waals surface area contributed by atoms with E-state index in [0.717, 1.165) is 0 Å². The van der Waals surface area contributed by atoms with Crippen LogP contribution in [-0.2, 0) is 6.54 Å². The summed E-state index contributed by atoms with van der Waals surface area (Å²) in [6.45, 7) is 0.367. The molecule has 0 saturated heterocycles. The molecule has 0 unspecified atom stereocenters. The van der Waals surface area contributed by atoms with E-state index in [1.807, 2.05) is 6.26 Å². The van der Waals surface area contributed by atoms with Crippen LogP contribution < -0.4 is 0 Å². The minimum atomic E-state index is 0.265. The van der Waals surface area contributed by atoms with Crippen LogP contribution in [0.25, 0.3) is 0 Å². The molecule has 0 aliphatic heterocycles. The molecule has 0 fully saturated rings. The van der Waals surface area contributed by atoms with Crippen LogP contribution >= 0.6 is 35.0 Å². The number of hydrogen-bond acceptors (Lipinski definition) is 5. The minimum absolute atomic E-state index is 0.265. The third kappa shape index (κ3) is 2.27. The van der Waals surface area contributed by atoms with Crippen LogP contribution in [0.3, 0.4) is 0 Å². The van der Waals surface area contributed by atoms with Gasteiger partial charge < -0.3 is 8.98 Å². The third-order valence-corrected chi connectivity index (χ3v) is 2.95. The van der Waals surface area contributed by atoms with Crippen molar-refractivity contribution < 1.29 is 4.42 Å². The molecule has 0 aliphatic carbocycles. The highest BCUT2D eigenvalue weighted by atomic mass is 35.5. The molecule has 2 rings (SSSR count). The quantitative estimate of drug-likeness (QED) is 0.797. The molecule has 0 saturated carbocycles. The van der Waals surface area contributed by atoms with Crippen molar-refractivity contribution in [2.75, 3.05) is 6.26 Å². The van der Waals surface area contributed by atoms with Crippen molar-refractivity contribution in [3.63, 3.8) is 0 Å². The fourth-order valence-electron chi connectivity index (χ4n) is 0.983. The molecule has 0 N–H and O–H groups in total. The lowest BCUT2D eigenvalue weighted by molar-refractivity contribution is 0.405. The lowest BCUT2D eigenvalue weighted by Crippen LogP contribution is -1.98. The van der Waals surface area contributed by atoms with Gasteiger partial charge in [0.15, 0.2) is 5.15 Å². The zero-order valence-electron chi connectivity index (χ0n) is 7.65. The fourth-order valence-corrected chi connectivity index (χ4v) is 1.59. The van der Waals surface area contributed by atoms with E-state index in [2.05, 4.69) is 15.2 Å². The summed E-state index contributed by atoms with van der Waals surface area (Å²) in [7, 11) is 0. The number of thioether (sulfide) groups is 1. The van der Waals surface area contributed by atoms with Gasteiger partial charge in [0.25, 0.3) is 5.22 Å². The minimum Gasteiger partial charge on any atom is -0.414 e. The predicted octanol–water partition coefficient (Wildman–Crippen LogP) is 2.34. The number of imidazole rings is 1. The highest BCUT2D eigenvalue weighted by Crippen LogP contribution is 2.21. The zero-order chi connectivity index (χ0) is 10.8. The van der Waals surface area contributed by atoms with E-state index >= 15 is 0 Å². The van der Waals surface area contributed by atoms with E-state index < -0.39 is 0 Å². The van der Waals surface area contributed by atoms with Gasteiger partial charge >= 0.3 is 0 Å². The smallest absolute Gasteiger partial charge is 0.276 e. The van der Waals surface area contributed by atoms with Crippen molar-refractivity contribution in [1.82, 2.24) is 19.7 Å². The molecule has 0 amide bonds. The van der Waals surface area contributed by atoms with Gasteiger partial charge in [-0.05, 0) is 6.26 Å². The third-order valence-electron chi connectivity index (χ3n) is 1.66. The second-order valence-corrected chi connectivity index (χ2v) is 4.09. The summed E-state index contributed by atoms with van der Waals surface area (Å²) in [5, 5.41) is 8.80. The molecule has 0 radical (unpaired) electrons. The lowest BCUT2D eigenvalue weighted by atomic mass is 10.6. The zero-order valence-corrected chi connectivity index (χ0v) is 9.97. The van der Waals surface area contributed by atoms with Crippen molar-refractivity contribution in [3.8, 4) is 0 Å². The van der Waals surface area contributed by atoms with Crippen molar-refractivity contribution in [3.05, 3.63) is 22.5 Å². The van der Waals surface area contributed by atoms with E-state index in [0.29, 0.717) is 22.8 Å². The molecular weight excluding hydrogens is 259 g/mol. The first kappa shape index (κ1) is 10.8. The maximum absolute atomic E-state index is 5.87. The molecule has 0 bridgehead atoms. The number of halogens is 2. The standard InChI is InChI=1S/C7H6Cl2N4OS/c1-15-7-12-11-4(14-7)2-13-3-10-5(8)6(13)9/h3H,2H2,1H3. The average molecular weight is 265 g/mol. The molecule has 0 spiro atoms. The molecular formula is C7H6Cl2N4OS. The Labute approximate surface area is 99.8 Å². The second kappa shape index (κ2) is 4.42. The topological polar surface area (TPSA) is 56.7 Å². The highest BCUT2D eigenvalue weighted by molar-refractivity contribution is 7.98. The van der Waals surface area contributed by atoms with Gasteiger partial charge in [-0.3, -0.25) is 0 Å². The summed E-state index contributed by atoms with van der Waals surface area (Å²) in [5.41, 5.74) is 0. The SMILES string of the molecule is CSc1nnc(Cn2cnc(Cl)c2Cl)o1. The summed E-state index contributed by atoms with van der Waals surface area (Å²) < 4.78 is 6.92. The van der Waals surface area contributed by atoms with Crippen molar-refractivity contribution in [2.24, 2.45) is 0 Å². The Morgan fingerprint density at radius 1 is 1.47 bits per heavy atom. The lowest BCUT2D eigenvalue weighted by Gasteiger charge is -1.97. The Morgan fingerprint density at radius 3 is 2.80 bits per heavy atom. The molecule has 0 atom stereocenters. The van der Waals surface area contributed by atoms with Crippen LogP contribution in [0.4, 0.5) is 0 Å². The van der Waals surface area contributed by atoms with E-state index in [1.54, 1.807) is 4.57 Å². The van der Waals surface area contributed by atoms with Gasteiger partial charge in [0.2, 0.25) is 5.89 Å². The van der Waals surface area contributed by atoms with Crippen molar-refractivity contribution in [2.45, 2.75) is 11.8 Å². The van der Waals surface area contributed by atoms with Gasteiger partial charge in [-0.2, -0.15) is 0 Å². The highest BCUT2D eigenvalue weighted by Gasteiger charge is 2.10. The summed E-state index contributed by atoms with van der Waals surface area (Å²) >= 11 is 13.0. The van der Waals surface area contributed by atoms with Crippen LogP contribution in [0.15, 0.2) is 16.0 Å². The molecule has 5 nitrogen and oxygen atoms in total. The van der Waals surface area contributed by atoms with Gasteiger partial charge in [-0.15, -0.1) is 10.2 Å². The predicted molar refractivity (Wildman–Crippen MR) is 57.4 cm³/mol. The molecule has 15 heavy (non-hydrogen) atoms. The maximum Gasteiger partial charge on any atom is 0.276 e. The van der Waals surface area contributed by atoms with Crippen molar-refractivity contribution >= 4 is 35.0 Å². The van der Waals surface area contributed by atoms with Crippen LogP contribution in [0.5, 0.6) is 0 Å². The molecule has 0 aliphatic rings. The first-order valence-corrected chi connectivity index (χ1v) is 5.91. The van der Waals surface area contributed by atoms with Crippen LogP contribution in [-0.4, -0.2) is 26.0 Å². The summed E-state index contributed by atoms with van der Waals surface area (Å²) in [5.74, 6) is 0.468. The van der Waals surface area contributed by atoms with E-state index in [9.17, 15) is 0 Å². The molecule has 2 aromatic heterocycles. The first-order valence-electron chi connectivity index (χ1n) is 3.93. The summed E-state index contributed by atoms with van der Waals surface area (Å²) in [4.78, 5) is 3.84. The van der Waals surface area contributed by atoms with Gasteiger partial charge in [-0.1, -0.05) is 35.0 Å². The van der Waals surface area contributed by atoms with Gasteiger partial charge in [0, 0.05) is 0 Å². The Bertz CT molecular complexity index is 469. The Kier molecular flexibility index (Phi) is 3.18. The van der Waals surface area contributed by atoms with Gasteiger partial charge in [-0.25, -0.2) is 4.98 Å². The van der Waals surface area contributed by atoms with Crippen LogP contribution in [0.1, 0.15) is 5.89 Å². The average Bonchev–Trinajstić information content (AvgIpc) is 2.80. The normalized spacial score (nSPS) is 10.9. The second-order valence-electron chi connectivity index (χ2n) is 2.62. The molecule has 2 heterocycles. The Morgan fingerprint density at radius 2 is 2.27 bits per heavy atom. The maximum atomic E-state index is 5.87. The first-order chi connectivity index (χ1) is 7.20. The Balaban J connectivity index is 2.18. The monoisotopic (exact) mass is 264 g/mol. The molecule has 2 aromatic rings. The number of nitrogens with zero attached hydrogens (tertiary/aromatic N) is 4. The molecule has 0 aromatic carbocycles. The fraction of sp³-hybridized carbons (Fsp3) is 0.286. The van der Waals surface area contributed by atoms with Crippen molar-refractivity contribution in [1.29, 1.82) is 0 Å². The number of hydrogen-bond donors (Lipinski definition) is 0.